The number of carbonyl (C=O) groups excluding carboxylic acids is 1. The summed E-state index contributed by atoms with van der Waals surface area (Å²) in [5.74, 6) is -0.168. The maximum absolute atomic E-state index is 10.5. The standard InChI is InChI=1S/C16H32O.C14H26O2/c1-2-3-4-5-6-7-8-9-10-11-12-13-14-15-16-17;1-3-4-5-6-7-8-9-10-11-12-13-16-14(2)15/h5-6,17H,2-4,7-16H2,1H3;6-7H,3-5,8-13H2,1-2H3/b6-5+;7-6-. The molecule has 0 radical (unpaired) electrons. The number of esters is 1. The van der Waals surface area contributed by atoms with E-state index < -0.39 is 0 Å². The second-order valence-electron chi connectivity index (χ2n) is 9.11. The first-order chi connectivity index (χ1) is 16.2. The Hall–Kier alpha value is -1.09. The van der Waals surface area contributed by atoms with Gasteiger partial charge in [-0.3, -0.25) is 4.79 Å². The summed E-state index contributed by atoms with van der Waals surface area (Å²) in [5, 5.41) is 8.64. The molecule has 33 heavy (non-hydrogen) atoms. The van der Waals surface area contributed by atoms with E-state index in [2.05, 4.69) is 38.2 Å². The van der Waals surface area contributed by atoms with Gasteiger partial charge in [0.15, 0.2) is 0 Å². The zero-order valence-electron chi connectivity index (χ0n) is 22.6. The van der Waals surface area contributed by atoms with Crippen LogP contribution in [0.25, 0.3) is 0 Å². The van der Waals surface area contributed by atoms with Crippen molar-refractivity contribution in [3.05, 3.63) is 24.3 Å². The molecule has 0 aromatic heterocycles. The van der Waals surface area contributed by atoms with E-state index in [0.29, 0.717) is 13.2 Å². The molecule has 0 aromatic rings. The summed E-state index contributed by atoms with van der Waals surface area (Å²) in [4.78, 5) is 10.5. The van der Waals surface area contributed by atoms with Gasteiger partial charge in [0.05, 0.1) is 6.61 Å². The largest absolute Gasteiger partial charge is 0.466 e. The second kappa shape index (κ2) is 33.1. The van der Waals surface area contributed by atoms with Gasteiger partial charge in [-0.05, 0) is 51.4 Å². The molecule has 0 atom stereocenters. The molecule has 0 spiro atoms. The molecule has 0 rings (SSSR count). The van der Waals surface area contributed by atoms with Crippen LogP contribution in [0.15, 0.2) is 24.3 Å². The molecule has 3 heteroatoms. The number of rotatable bonds is 23. The average Bonchev–Trinajstić information content (AvgIpc) is 2.81. The summed E-state index contributed by atoms with van der Waals surface area (Å²) in [6, 6.07) is 0. The van der Waals surface area contributed by atoms with Crippen LogP contribution in [-0.4, -0.2) is 24.3 Å². The van der Waals surface area contributed by atoms with Crippen LogP contribution < -0.4 is 0 Å². The van der Waals surface area contributed by atoms with Crippen LogP contribution in [0, 0.1) is 0 Å². The van der Waals surface area contributed by atoms with Crippen LogP contribution in [0.4, 0.5) is 0 Å². The lowest BCUT2D eigenvalue weighted by Crippen LogP contribution is -1.99. The Morgan fingerprint density at radius 2 is 0.939 bits per heavy atom. The van der Waals surface area contributed by atoms with Crippen molar-refractivity contribution in [3.8, 4) is 0 Å². The minimum Gasteiger partial charge on any atom is -0.466 e. The number of unbranched alkanes of at least 4 members (excludes halogenated alkanes) is 16. The van der Waals surface area contributed by atoms with Crippen molar-refractivity contribution in [1.82, 2.24) is 0 Å². The Kier molecular flexibility index (Phi) is 34.2. The molecule has 0 aliphatic carbocycles. The fourth-order valence-corrected chi connectivity index (χ4v) is 3.48. The lowest BCUT2D eigenvalue weighted by Gasteiger charge is -2.00. The third-order valence-corrected chi connectivity index (χ3v) is 5.63. The summed E-state index contributed by atoms with van der Waals surface area (Å²) in [6.45, 7) is 6.87. The van der Waals surface area contributed by atoms with Gasteiger partial charge in [0.1, 0.15) is 0 Å². The van der Waals surface area contributed by atoms with Crippen molar-refractivity contribution in [2.45, 2.75) is 149 Å². The minimum atomic E-state index is -0.168. The highest BCUT2D eigenvalue weighted by atomic mass is 16.5. The molecule has 0 saturated heterocycles. The van der Waals surface area contributed by atoms with Crippen molar-refractivity contribution in [2.24, 2.45) is 0 Å². The van der Waals surface area contributed by atoms with Crippen LogP contribution in [0.5, 0.6) is 0 Å². The summed E-state index contributed by atoms with van der Waals surface area (Å²) in [5.41, 5.74) is 0. The van der Waals surface area contributed by atoms with Crippen molar-refractivity contribution in [3.63, 3.8) is 0 Å². The number of carbonyl (C=O) groups is 1. The second-order valence-corrected chi connectivity index (χ2v) is 9.11. The Balaban J connectivity index is 0. The first-order valence-corrected chi connectivity index (χ1v) is 14.2. The van der Waals surface area contributed by atoms with Gasteiger partial charge in [-0.25, -0.2) is 0 Å². The molecule has 0 aliphatic heterocycles. The smallest absolute Gasteiger partial charge is 0.302 e. The van der Waals surface area contributed by atoms with Gasteiger partial charge in [-0.1, -0.05) is 115 Å². The SMILES string of the molecule is CCCC/C=C/CCCCCCCCCCO.CCCC/C=C\CCCCCCOC(C)=O. The summed E-state index contributed by atoms with van der Waals surface area (Å²) in [7, 11) is 0. The number of aliphatic hydroxyl groups is 1. The lowest BCUT2D eigenvalue weighted by atomic mass is 10.1. The normalized spacial score (nSPS) is 11.2. The van der Waals surface area contributed by atoms with E-state index in [1.165, 1.54) is 116 Å². The molecule has 0 aliphatic rings. The Labute approximate surface area is 207 Å². The van der Waals surface area contributed by atoms with Gasteiger partial charge in [0.25, 0.3) is 0 Å². The van der Waals surface area contributed by atoms with Crippen molar-refractivity contribution in [2.75, 3.05) is 13.2 Å². The molecule has 0 fully saturated rings. The molecule has 3 nitrogen and oxygen atoms in total. The van der Waals surface area contributed by atoms with Crippen LogP contribution in [0.2, 0.25) is 0 Å². The van der Waals surface area contributed by atoms with Crippen molar-refractivity contribution in [1.29, 1.82) is 0 Å². The minimum absolute atomic E-state index is 0.168. The predicted octanol–water partition coefficient (Wildman–Crippen LogP) is 9.48. The zero-order chi connectivity index (χ0) is 24.7. The Morgan fingerprint density at radius 1 is 0.576 bits per heavy atom. The van der Waals surface area contributed by atoms with Gasteiger partial charge >= 0.3 is 5.97 Å². The Morgan fingerprint density at radius 3 is 1.33 bits per heavy atom. The van der Waals surface area contributed by atoms with E-state index in [1.54, 1.807) is 0 Å². The molecule has 0 amide bonds. The topological polar surface area (TPSA) is 46.5 Å². The molecule has 0 heterocycles. The molecule has 1 N–H and O–H groups in total. The van der Waals surface area contributed by atoms with Crippen molar-refractivity contribution < 1.29 is 14.6 Å². The third-order valence-electron chi connectivity index (χ3n) is 5.63. The van der Waals surface area contributed by atoms with Gasteiger partial charge in [0, 0.05) is 13.5 Å². The molecular formula is C30H58O3. The molecule has 0 bridgehead atoms. The molecule has 196 valence electrons. The maximum atomic E-state index is 10.5. The molecule has 0 aromatic carbocycles. The predicted molar refractivity (Wildman–Crippen MR) is 146 cm³/mol. The van der Waals surface area contributed by atoms with E-state index in [9.17, 15) is 4.79 Å². The number of allylic oxidation sites excluding steroid dienone is 4. The van der Waals surface area contributed by atoms with Gasteiger partial charge in [-0.2, -0.15) is 0 Å². The summed E-state index contributed by atoms with van der Waals surface area (Å²) >= 11 is 0. The van der Waals surface area contributed by atoms with Crippen LogP contribution in [0.3, 0.4) is 0 Å². The highest BCUT2D eigenvalue weighted by molar-refractivity contribution is 5.65. The molecule has 0 unspecified atom stereocenters. The van der Waals surface area contributed by atoms with Crippen LogP contribution in [0.1, 0.15) is 149 Å². The molecular weight excluding hydrogens is 408 g/mol. The third kappa shape index (κ3) is 38.5. The van der Waals surface area contributed by atoms with E-state index >= 15 is 0 Å². The molecule has 0 saturated carbocycles. The number of aliphatic hydroxyl groups excluding tert-OH is 1. The maximum Gasteiger partial charge on any atom is 0.302 e. The fraction of sp³-hybridized carbons (Fsp3) is 0.833. The highest BCUT2D eigenvalue weighted by Crippen LogP contribution is 2.10. The monoisotopic (exact) mass is 466 g/mol. The average molecular weight is 467 g/mol. The van der Waals surface area contributed by atoms with E-state index in [0.717, 1.165) is 19.3 Å². The number of hydrogen-bond donors (Lipinski definition) is 1. The van der Waals surface area contributed by atoms with Gasteiger partial charge < -0.3 is 9.84 Å². The van der Waals surface area contributed by atoms with E-state index in [4.69, 9.17) is 9.84 Å². The first kappa shape index (κ1) is 34.1. The Bertz CT molecular complexity index is 415. The summed E-state index contributed by atoms with van der Waals surface area (Å²) < 4.78 is 4.86. The number of ether oxygens (including phenoxy) is 1. The highest BCUT2D eigenvalue weighted by Gasteiger charge is 1.93. The van der Waals surface area contributed by atoms with Gasteiger partial charge in [-0.15, -0.1) is 0 Å². The van der Waals surface area contributed by atoms with E-state index in [1.807, 2.05) is 0 Å². The summed E-state index contributed by atoms with van der Waals surface area (Å²) in [6.07, 6.45) is 34.5. The van der Waals surface area contributed by atoms with Gasteiger partial charge in [0.2, 0.25) is 0 Å². The van der Waals surface area contributed by atoms with Crippen molar-refractivity contribution >= 4 is 5.97 Å². The zero-order valence-corrected chi connectivity index (χ0v) is 22.6. The van der Waals surface area contributed by atoms with Crippen LogP contribution in [-0.2, 0) is 9.53 Å². The fourth-order valence-electron chi connectivity index (χ4n) is 3.48. The lowest BCUT2D eigenvalue weighted by molar-refractivity contribution is -0.141. The number of hydrogen-bond acceptors (Lipinski definition) is 3. The quantitative estimate of drug-likeness (QED) is 0.0926. The first-order valence-electron chi connectivity index (χ1n) is 14.2. The van der Waals surface area contributed by atoms with Crippen LogP contribution >= 0.6 is 0 Å². The van der Waals surface area contributed by atoms with E-state index in [-0.39, 0.29) is 5.97 Å².